The van der Waals surface area contributed by atoms with Crippen LogP contribution in [0, 0.1) is 0 Å². The van der Waals surface area contributed by atoms with Crippen LogP contribution >= 0.6 is 0 Å². The molecule has 0 heterocycles. The van der Waals surface area contributed by atoms with E-state index in [1.54, 1.807) is 0 Å². The first-order valence-electron chi connectivity index (χ1n) is 4.37. The summed E-state index contributed by atoms with van der Waals surface area (Å²) in [6, 6.07) is 0. The zero-order valence-electron chi connectivity index (χ0n) is 9.05. The first-order chi connectivity index (χ1) is 8.50. The molecule has 110 valence electrons. The van der Waals surface area contributed by atoms with Gasteiger partial charge in [-0.3, -0.25) is 0 Å². The molecule has 0 aliphatic carbocycles. The van der Waals surface area contributed by atoms with Gasteiger partial charge in [0.2, 0.25) is 0 Å². The Balaban J connectivity index is 0. The highest BCUT2D eigenvalue weighted by Crippen LogP contribution is 1.89. The number of carboxylic acid groups (broad SMARTS) is 4. The number of aliphatic hydroxyl groups is 3. The molecule has 3 atom stereocenters. The largest absolute Gasteiger partial charge is 0.550 e. The van der Waals surface area contributed by atoms with Gasteiger partial charge in [-0.25, -0.2) is 0 Å². The molecule has 0 saturated heterocycles. The molecule has 0 saturated carbocycles. The summed E-state index contributed by atoms with van der Waals surface area (Å²) < 4.78 is 0. The van der Waals surface area contributed by atoms with E-state index in [4.69, 9.17) is 15.3 Å². The van der Waals surface area contributed by atoms with E-state index >= 15 is 0 Å². The predicted octanol–water partition coefficient (Wildman–Crippen LogP) is -8.55. The Kier molecular flexibility index (Phi) is 8.84. The second-order valence-electron chi connectivity index (χ2n) is 2.94. The monoisotopic (exact) mass is 280 g/mol. The van der Waals surface area contributed by atoms with Crippen molar-refractivity contribution in [3.8, 4) is 0 Å². The Morgan fingerprint density at radius 1 is 0.737 bits per heavy atom. The summed E-state index contributed by atoms with van der Waals surface area (Å²) in [6.07, 6.45) is -7.77. The fourth-order valence-electron chi connectivity index (χ4n) is 0.499. The highest BCUT2D eigenvalue weighted by molar-refractivity contribution is 5.80. The molecule has 0 amide bonds. The van der Waals surface area contributed by atoms with Crippen molar-refractivity contribution in [1.29, 1.82) is 0 Å². The number of rotatable bonds is 6. The molecule has 0 aromatic carbocycles. The van der Waals surface area contributed by atoms with Crippen LogP contribution in [0.1, 0.15) is 6.42 Å². The van der Waals surface area contributed by atoms with Gasteiger partial charge in [0.05, 0.1) is 24.0 Å². The van der Waals surface area contributed by atoms with Crippen molar-refractivity contribution in [2.75, 3.05) is 0 Å². The minimum absolute atomic E-state index is 0.928. The van der Waals surface area contributed by atoms with Gasteiger partial charge in [-0.15, -0.1) is 0 Å². The average Bonchev–Trinajstić information content (AvgIpc) is 2.26. The van der Waals surface area contributed by atoms with Crippen molar-refractivity contribution < 1.29 is 54.9 Å². The zero-order chi connectivity index (χ0) is 15.7. The highest BCUT2D eigenvalue weighted by atomic mass is 16.4. The van der Waals surface area contributed by atoms with Gasteiger partial charge in [-0.05, 0) is 0 Å². The number of hydrogen-bond acceptors (Lipinski definition) is 11. The van der Waals surface area contributed by atoms with E-state index in [0.29, 0.717) is 0 Å². The van der Waals surface area contributed by atoms with Crippen LogP contribution in [-0.2, 0) is 19.2 Å². The maximum Gasteiger partial charge on any atom is 0.124 e. The van der Waals surface area contributed by atoms with Gasteiger partial charge in [0.25, 0.3) is 0 Å². The maximum absolute atomic E-state index is 9.63. The summed E-state index contributed by atoms with van der Waals surface area (Å²) in [5.41, 5.74) is 0. The molecule has 0 bridgehead atoms. The molecule has 19 heavy (non-hydrogen) atoms. The second kappa shape index (κ2) is 8.79. The third kappa shape index (κ3) is 9.46. The minimum Gasteiger partial charge on any atom is -0.550 e. The first-order valence-corrected chi connectivity index (χ1v) is 4.37. The van der Waals surface area contributed by atoms with Gasteiger partial charge in [0.15, 0.2) is 0 Å². The van der Waals surface area contributed by atoms with Gasteiger partial charge in [0.1, 0.15) is 12.2 Å². The molecule has 0 fully saturated rings. The van der Waals surface area contributed by atoms with E-state index in [2.05, 4.69) is 0 Å². The summed E-state index contributed by atoms with van der Waals surface area (Å²) >= 11 is 0. The SMILES string of the molecule is O=C([O-])C(O)C(O)C(=O)[O-].O=C([O-])CC(O)C(=O)[O-]. The first kappa shape index (κ1) is 19.1. The Hall–Kier alpha value is -2.24. The van der Waals surface area contributed by atoms with E-state index in [1.165, 1.54) is 0 Å². The topological polar surface area (TPSA) is 221 Å². The summed E-state index contributed by atoms with van der Waals surface area (Å²) in [4.78, 5) is 38.4. The molecule has 0 aromatic rings. The number of carboxylic acids is 4. The smallest absolute Gasteiger partial charge is 0.124 e. The zero-order valence-corrected chi connectivity index (χ0v) is 9.05. The van der Waals surface area contributed by atoms with Gasteiger partial charge in [0, 0.05) is 12.4 Å². The van der Waals surface area contributed by atoms with Crippen LogP contribution in [0.4, 0.5) is 0 Å². The molecule has 0 aliphatic heterocycles. The van der Waals surface area contributed by atoms with Crippen LogP contribution in [0.3, 0.4) is 0 Å². The van der Waals surface area contributed by atoms with E-state index in [1.807, 2.05) is 0 Å². The third-order valence-corrected chi connectivity index (χ3v) is 1.41. The van der Waals surface area contributed by atoms with Crippen LogP contribution < -0.4 is 20.4 Å². The number of aliphatic carboxylic acids is 4. The molecule has 0 rings (SSSR count). The van der Waals surface area contributed by atoms with Crippen molar-refractivity contribution in [2.24, 2.45) is 0 Å². The molecule has 11 heteroatoms. The fourth-order valence-corrected chi connectivity index (χ4v) is 0.499. The van der Waals surface area contributed by atoms with Crippen LogP contribution in [0.25, 0.3) is 0 Å². The average molecular weight is 280 g/mol. The van der Waals surface area contributed by atoms with Crippen molar-refractivity contribution in [1.82, 2.24) is 0 Å². The highest BCUT2D eigenvalue weighted by Gasteiger charge is 2.17. The lowest BCUT2D eigenvalue weighted by atomic mass is 10.2. The minimum atomic E-state index is -2.44. The number of hydrogen-bond donors (Lipinski definition) is 3. The van der Waals surface area contributed by atoms with Gasteiger partial charge in [-0.2, -0.15) is 0 Å². The summed E-state index contributed by atoms with van der Waals surface area (Å²) in [6.45, 7) is 0. The fraction of sp³-hybridized carbons (Fsp3) is 0.500. The molecule has 3 N–H and O–H groups in total. The van der Waals surface area contributed by atoms with Gasteiger partial charge >= 0.3 is 0 Å². The Morgan fingerprint density at radius 2 is 1.05 bits per heavy atom. The number of carbonyl (C=O) groups excluding carboxylic acids is 4. The molecular formula is C8H8O11-4. The van der Waals surface area contributed by atoms with Crippen molar-refractivity contribution >= 4 is 23.9 Å². The van der Waals surface area contributed by atoms with Crippen molar-refractivity contribution in [2.45, 2.75) is 24.7 Å². The third-order valence-electron chi connectivity index (χ3n) is 1.41. The molecule has 0 spiro atoms. The maximum atomic E-state index is 9.63. The standard InChI is InChI=1S/C4H6O6.C4H6O5/c5-1(3(7)8)2(6)4(9)10;5-2(4(8)9)1-3(6)7/h1-2,5-6H,(H,7,8)(H,9,10);2,5H,1H2,(H,6,7)(H,8,9)/p-4. The van der Waals surface area contributed by atoms with Crippen molar-refractivity contribution in [3.63, 3.8) is 0 Å². The second-order valence-corrected chi connectivity index (χ2v) is 2.94. The molecular weight excluding hydrogens is 272 g/mol. The molecule has 0 aliphatic rings. The van der Waals surface area contributed by atoms with Crippen LogP contribution in [-0.4, -0.2) is 57.5 Å². The normalized spacial score (nSPS) is 14.3. The van der Waals surface area contributed by atoms with Crippen LogP contribution in [0.2, 0.25) is 0 Å². The van der Waals surface area contributed by atoms with Crippen molar-refractivity contribution in [3.05, 3.63) is 0 Å². The van der Waals surface area contributed by atoms with E-state index in [-0.39, 0.29) is 0 Å². The van der Waals surface area contributed by atoms with E-state index < -0.39 is 48.6 Å². The van der Waals surface area contributed by atoms with E-state index in [9.17, 15) is 39.6 Å². The molecule has 11 nitrogen and oxygen atoms in total. The lowest BCUT2D eigenvalue weighted by molar-refractivity contribution is -0.333. The Morgan fingerprint density at radius 3 is 1.16 bits per heavy atom. The Labute approximate surface area is 105 Å². The van der Waals surface area contributed by atoms with E-state index in [0.717, 1.165) is 0 Å². The summed E-state index contributed by atoms with van der Waals surface area (Å²) in [7, 11) is 0. The summed E-state index contributed by atoms with van der Waals surface area (Å²) in [5.74, 6) is -7.54. The predicted molar refractivity (Wildman–Crippen MR) is 42.7 cm³/mol. The summed E-state index contributed by atoms with van der Waals surface area (Å²) in [5, 5.41) is 63.1. The van der Waals surface area contributed by atoms with Crippen LogP contribution in [0.5, 0.6) is 0 Å². The molecule has 0 radical (unpaired) electrons. The molecule has 0 aromatic heterocycles. The molecule has 3 unspecified atom stereocenters. The number of carbonyl (C=O) groups is 4. The van der Waals surface area contributed by atoms with Gasteiger partial charge < -0.3 is 54.9 Å². The Bertz CT molecular complexity index is 331. The lowest BCUT2D eigenvalue weighted by Crippen LogP contribution is -2.51. The number of aliphatic hydroxyl groups excluding tert-OH is 3. The van der Waals surface area contributed by atoms with Gasteiger partial charge in [-0.1, -0.05) is 0 Å². The van der Waals surface area contributed by atoms with Crippen LogP contribution in [0.15, 0.2) is 0 Å². The quantitative estimate of drug-likeness (QED) is 0.414. The lowest BCUT2D eigenvalue weighted by Gasteiger charge is -2.18.